The van der Waals surface area contributed by atoms with E-state index in [9.17, 15) is 22.6 Å². The maximum Gasteiger partial charge on any atom is 0.251 e. The lowest BCUT2D eigenvalue weighted by Gasteiger charge is -2.23. The lowest BCUT2D eigenvalue weighted by molar-refractivity contribution is -0.124. The molecule has 4 rings (SSSR count). The average molecular weight is 626 g/mol. The third-order valence-corrected chi connectivity index (χ3v) is 8.90. The first-order valence-electron chi connectivity index (χ1n) is 14.9. The second-order valence-corrected chi connectivity index (χ2v) is 13.0. The van der Waals surface area contributed by atoms with Gasteiger partial charge in [-0.05, 0) is 72.7 Å². The Kier molecular flexibility index (Phi) is 11.6. The van der Waals surface area contributed by atoms with Gasteiger partial charge in [-0.3, -0.25) is 13.9 Å². The largest absolute Gasteiger partial charge is 0.375 e. The molecule has 0 aromatic heterocycles. The van der Waals surface area contributed by atoms with Gasteiger partial charge in [-0.1, -0.05) is 44.2 Å². The van der Waals surface area contributed by atoms with E-state index in [0.717, 1.165) is 30.0 Å². The van der Waals surface area contributed by atoms with Gasteiger partial charge in [0.2, 0.25) is 5.91 Å². The Labute approximate surface area is 261 Å². The molecule has 0 spiro atoms. The van der Waals surface area contributed by atoms with Gasteiger partial charge in [-0.2, -0.15) is 0 Å². The highest BCUT2D eigenvalue weighted by Gasteiger charge is 2.26. The summed E-state index contributed by atoms with van der Waals surface area (Å²) in [5.41, 5.74) is 3.35. The zero-order valence-electron chi connectivity index (χ0n) is 25.6. The highest BCUT2D eigenvalue weighted by Crippen LogP contribution is 2.29. The second kappa shape index (κ2) is 15.4. The van der Waals surface area contributed by atoms with Gasteiger partial charge in [0, 0.05) is 48.5 Å². The van der Waals surface area contributed by atoms with E-state index in [2.05, 4.69) is 17.6 Å². The average Bonchev–Trinajstić information content (AvgIpc) is 3.82. The minimum absolute atomic E-state index is 0.0171. The van der Waals surface area contributed by atoms with Gasteiger partial charge in [0.15, 0.2) is 0 Å². The molecule has 236 valence electrons. The van der Waals surface area contributed by atoms with Crippen LogP contribution in [-0.2, 0) is 27.1 Å². The van der Waals surface area contributed by atoms with Gasteiger partial charge >= 0.3 is 0 Å². The molecule has 0 radical (unpaired) electrons. The van der Waals surface area contributed by atoms with Crippen molar-refractivity contribution in [3.63, 3.8) is 0 Å². The first-order chi connectivity index (χ1) is 21.0. The topological polar surface area (TPSA) is 87.7 Å². The van der Waals surface area contributed by atoms with Crippen LogP contribution in [0.15, 0.2) is 66.7 Å². The molecule has 2 N–H and O–H groups in total. The molecule has 4 atom stereocenters. The summed E-state index contributed by atoms with van der Waals surface area (Å²) >= 11 is 0. The second-order valence-electron chi connectivity index (χ2n) is 11.6. The molecule has 7 nitrogen and oxygen atoms in total. The Morgan fingerprint density at radius 3 is 2.30 bits per heavy atom. The maximum atomic E-state index is 13.7. The fraction of sp³-hybridized carbons (Fsp3) is 0.412. The van der Waals surface area contributed by atoms with E-state index in [1.807, 2.05) is 49.4 Å². The predicted octanol–water partition coefficient (Wildman–Crippen LogP) is 5.86. The third-order valence-electron chi connectivity index (χ3n) is 7.92. The number of anilines is 1. The summed E-state index contributed by atoms with van der Waals surface area (Å²) in [6, 6.07) is 18.4. The van der Waals surface area contributed by atoms with Gasteiger partial charge in [-0.15, -0.1) is 0 Å². The van der Waals surface area contributed by atoms with Crippen molar-refractivity contribution in [3.8, 4) is 0 Å². The van der Waals surface area contributed by atoms with Crippen molar-refractivity contribution in [2.45, 2.75) is 64.1 Å². The van der Waals surface area contributed by atoms with E-state index >= 15 is 0 Å². The highest BCUT2D eigenvalue weighted by atomic mass is 32.2. The lowest BCUT2D eigenvalue weighted by Crippen LogP contribution is -2.39. The van der Waals surface area contributed by atoms with Gasteiger partial charge in [0.1, 0.15) is 22.6 Å². The van der Waals surface area contributed by atoms with Crippen LogP contribution in [0.25, 0.3) is 0 Å². The number of hydrogen-bond acceptors (Lipinski definition) is 4. The lowest BCUT2D eigenvalue weighted by atomic mass is 9.91. The van der Waals surface area contributed by atoms with Crippen LogP contribution < -0.4 is 14.9 Å². The summed E-state index contributed by atoms with van der Waals surface area (Å²) in [6.07, 6.45) is 4.53. The van der Waals surface area contributed by atoms with E-state index in [0.29, 0.717) is 29.7 Å². The third kappa shape index (κ3) is 9.69. The van der Waals surface area contributed by atoms with E-state index in [4.69, 9.17) is 4.74 Å². The fourth-order valence-corrected chi connectivity index (χ4v) is 5.32. The van der Waals surface area contributed by atoms with Crippen molar-refractivity contribution >= 4 is 28.5 Å². The number of nitrogens with zero attached hydrogens (tertiary/aromatic N) is 1. The molecule has 0 heterocycles. The van der Waals surface area contributed by atoms with Crippen molar-refractivity contribution in [2.75, 3.05) is 24.2 Å². The molecule has 0 bridgehead atoms. The van der Waals surface area contributed by atoms with Crippen molar-refractivity contribution in [1.29, 1.82) is 0 Å². The van der Waals surface area contributed by atoms with E-state index in [-0.39, 0.29) is 42.9 Å². The Hall–Kier alpha value is -3.63. The number of carbonyl (C=O) groups excluding carboxylic acids is 2. The Morgan fingerprint density at radius 1 is 0.977 bits per heavy atom. The first-order valence-corrected chi connectivity index (χ1v) is 16.4. The summed E-state index contributed by atoms with van der Waals surface area (Å²) in [5, 5.41) is 6.07. The van der Waals surface area contributed by atoms with Gasteiger partial charge in [-0.25, -0.2) is 13.0 Å². The monoisotopic (exact) mass is 625 g/mol. The Morgan fingerprint density at radius 2 is 1.66 bits per heavy atom. The smallest absolute Gasteiger partial charge is 0.251 e. The van der Waals surface area contributed by atoms with Gasteiger partial charge in [0.25, 0.3) is 5.91 Å². The van der Waals surface area contributed by atoms with Crippen LogP contribution in [0, 0.1) is 17.6 Å². The number of carbonyl (C=O) groups is 2. The van der Waals surface area contributed by atoms with Crippen LogP contribution in [0.2, 0.25) is 0 Å². The van der Waals surface area contributed by atoms with Crippen molar-refractivity contribution in [2.24, 2.45) is 5.92 Å². The normalized spacial score (nSPS) is 15.6. The Bertz CT molecular complexity index is 1450. The molecule has 0 saturated heterocycles. The van der Waals surface area contributed by atoms with E-state index < -0.39 is 28.7 Å². The molecule has 1 unspecified atom stereocenters. The van der Waals surface area contributed by atoms with Crippen molar-refractivity contribution < 1.29 is 27.3 Å². The molecule has 3 aromatic carbocycles. The SMILES string of the molecule is C[C@H](c1ccccc1)c1cc(C(=O)N[C@H](CC[C@@H](C)C(=O)NC2CC2)COCc2cc(F)cc(F)c2)cc(N(C)S(C)=O)c1. The van der Waals surface area contributed by atoms with Gasteiger partial charge < -0.3 is 15.4 Å². The maximum absolute atomic E-state index is 13.7. The molecule has 44 heavy (non-hydrogen) atoms. The van der Waals surface area contributed by atoms with Crippen LogP contribution in [0.4, 0.5) is 14.5 Å². The summed E-state index contributed by atoms with van der Waals surface area (Å²) in [4.78, 5) is 26.3. The molecule has 2 amide bonds. The minimum Gasteiger partial charge on any atom is -0.375 e. The van der Waals surface area contributed by atoms with Crippen LogP contribution in [0.3, 0.4) is 0 Å². The number of benzene rings is 3. The molecule has 1 aliphatic rings. The number of hydrogen-bond donors (Lipinski definition) is 2. The number of amides is 2. The summed E-state index contributed by atoms with van der Waals surface area (Å²) in [7, 11) is 0.404. The minimum atomic E-state index is -1.31. The fourth-order valence-electron chi connectivity index (χ4n) is 4.91. The number of ether oxygens (including phenoxy) is 1. The van der Waals surface area contributed by atoms with Crippen molar-refractivity contribution in [1.82, 2.24) is 10.6 Å². The summed E-state index contributed by atoms with van der Waals surface area (Å²) in [6.45, 7) is 3.94. The molecule has 10 heteroatoms. The molecule has 1 saturated carbocycles. The summed E-state index contributed by atoms with van der Waals surface area (Å²) < 4.78 is 47.1. The first kappa shape index (κ1) is 33.3. The molecule has 1 aliphatic carbocycles. The van der Waals surface area contributed by atoms with E-state index in [1.165, 1.54) is 12.1 Å². The Balaban J connectivity index is 1.53. The van der Waals surface area contributed by atoms with Crippen LogP contribution in [0.1, 0.15) is 72.5 Å². The molecular weight excluding hydrogens is 584 g/mol. The number of nitrogens with one attached hydrogen (secondary N) is 2. The number of rotatable bonds is 15. The zero-order valence-corrected chi connectivity index (χ0v) is 26.5. The quantitative estimate of drug-likeness (QED) is 0.222. The molecule has 3 aromatic rings. The van der Waals surface area contributed by atoms with Crippen molar-refractivity contribution in [3.05, 3.63) is 101 Å². The van der Waals surface area contributed by atoms with Crippen LogP contribution in [0.5, 0.6) is 0 Å². The van der Waals surface area contributed by atoms with E-state index in [1.54, 1.807) is 23.7 Å². The summed E-state index contributed by atoms with van der Waals surface area (Å²) in [5.74, 6) is -2.04. The molecule has 1 fully saturated rings. The predicted molar refractivity (Wildman–Crippen MR) is 170 cm³/mol. The zero-order chi connectivity index (χ0) is 31.8. The van der Waals surface area contributed by atoms with Gasteiger partial charge in [0.05, 0.1) is 19.3 Å². The van der Waals surface area contributed by atoms with Crippen LogP contribution >= 0.6 is 0 Å². The highest BCUT2D eigenvalue weighted by molar-refractivity contribution is 7.85. The van der Waals surface area contributed by atoms with Crippen LogP contribution in [-0.4, -0.2) is 48.0 Å². The molecular formula is C34H41F2N3O4S. The number of halogens is 2. The molecule has 0 aliphatic heterocycles. The standard InChI is InChI=1S/C34H41F2N3O4S/c1-22(33(40)37-30-12-13-30)10-11-31(21-43-20-24-14-28(35)19-29(36)15-24)38-34(41)27-16-26(17-32(18-27)39(3)44(4)42)23(2)25-8-6-5-7-9-25/h5-9,14-19,22-23,30-31H,10-13,20-21H2,1-4H3,(H,37,40)(H,38,41)/t22-,23-,31-,44?/m1/s1.